The van der Waals surface area contributed by atoms with Crippen LogP contribution in [0.25, 0.3) is 22.2 Å². The number of aromatic amines is 1. The van der Waals surface area contributed by atoms with E-state index in [9.17, 15) is 13.2 Å². The Morgan fingerprint density at radius 2 is 1.91 bits per heavy atom. The fourth-order valence-corrected chi connectivity index (χ4v) is 3.28. The lowest BCUT2D eigenvalue weighted by Crippen LogP contribution is -2.04. The molecule has 0 atom stereocenters. The van der Waals surface area contributed by atoms with Gasteiger partial charge in [-0.05, 0) is 42.0 Å². The Bertz CT molecular complexity index is 954. The van der Waals surface area contributed by atoms with Crippen molar-refractivity contribution in [2.45, 2.75) is 12.6 Å². The highest BCUT2D eigenvalue weighted by Gasteiger charge is 2.31. The maximum absolute atomic E-state index is 13.0. The summed E-state index contributed by atoms with van der Waals surface area (Å²) in [5, 5.41) is 0.592. The number of fused-ring (bicyclic) bond motifs is 5. The Labute approximate surface area is 138 Å². The Kier molecular flexibility index (Phi) is 3.13. The second-order valence-electron chi connectivity index (χ2n) is 5.41. The van der Waals surface area contributed by atoms with Gasteiger partial charge in [0.05, 0.1) is 16.9 Å². The molecule has 6 heteroatoms. The van der Waals surface area contributed by atoms with Crippen molar-refractivity contribution in [1.82, 2.24) is 4.98 Å². The van der Waals surface area contributed by atoms with Crippen molar-refractivity contribution in [2.24, 2.45) is 4.99 Å². The standard InChI is InChI=1S/C17H10BrF3N2/c18-10-2-4-14-13(8-10)16-11(5-6-22-14)12-7-9(17(19,20)21)1-3-15(12)23-16/h1-4,6-8,23H,5H2. The molecule has 1 aliphatic heterocycles. The summed E-state index contributed by atoms with van der Waals surface area (Å²) in [5.74, 6) is 0. The van der Waals surface area contributed by atoms with Crippen molar-refractivity contribution in [3.05, 3.63) is 52.0 Å². The predicted octanol–water partition coefficient (Wildman–Crippen LogP) is 5.87. The highest BCUT2D eigenvalue weighted by molar-refractivity contribution is 9.10. The summed E-state index contributed by atoms with van der Waals surface area (Å²) in [6.45, 7) is 0. The van der Waals surface area contributed by atoms with Gasteiger partial charge in [-0.3, -0.25) is 4.99 Å². The van der Waals surface area contributed by atoms with Crippen LogP contribution in [0.1, 0.15) is 11.1 Å². The molecule has 0 aliphatic carbocycles. The molecular formula is C17H10BrF3N2. The van der Waals surface area contributed by atoms with E-state index in [1.54, 1.807) is 6.21 Å². The van der Waals surface area contributed by atoms with Crippen molar-refractivity contribution in [3.8, 4) is 11.3 Å². The van der Waals surface area contributed by atoms with Crippen LogP contribution in [-0.4, -0.2) is 11.2 Å². The molecule has 116 valence electrons. The lowest BCUT2D eigenvalue weighted by molar-refractivity contribution is -0.137. The number of hydrogen-bond donors (Lipinski definition) is 1. The topological polar surface area (TPSA) is 28.1 Å². The SMILES string of the molecule is FC(F)(F)c1ccc2[nH]c3c(c2c1)CC=Nc1ccc(Br)cc1-3. The van der Waals surface area contributed by atoms with Crippen LogP contribution in [0.5, 0.6) is 0 Å². The number of H-pyrrole nitrogens is 1. The van der Waals surface area contributed by atoms with Crippen LogP contribution in [0.4, 0.5) is 18.9 Å². The molecule has 2 aromatic carbocycles. The van der Waals surface area contributed by atoms with Gasteiger partial charge >= 0.3 is 6.18 Å². The van der Waals surface area contributed by atoms with Crippen LogP contribution in [-0.2, 0) is 12.6 Å². The predicted molar refractivity (Wildman–Crippen MR) is 88.3 cm³/mol. The van der Waals surface area contributed by atoms with E-state index in [4.69, 9.17) is 0 Å². The number of benzene rings is 2. The molecule has 0 saturated heterocycles. The first-order valence-electron chi connectivity index (χ1n) is 6.98. The smallest absolute Gasteiger partial charge is 0.354 e. The summed E-state index contributed by atoms with van der Waals surface area (Å²) in [7, 11) is 0. The molecule has 3 aromatic rings. The molecule has 0 saturated carbocycles. The van der Waals surface area contributed by atoms with E-state index in [1.807, 2.05) is 18.2 Å². The Hall–Kier alpha value is -2.08. The minimum atomic E-state index is -4.35. The van der Waals surface area contributed by atoms with Crippen molar-refractivity contribution >= 4 is 38.7 Å². The van der Waals surface area contributed by atoms with E-state index < -0.39 is 11.7 Å². The molecule has 23 heavy (non-hydrogen) atoms. The normalized spacial score (nSPS) is 13.7. The molecule has 0 amide bonds. The number of rotatable bonds is 0. The number of aromatic nitrogens is 1. The Balaban J connectivity index is 2.02. The first-order chi connectivity index (χ1) is 10.9. The van der Waals surface area contributed by atoms with E-state index in [0.29, 0.717) is 17.3 Å². The minimum absolute atomic E-state index is 0.489. The van der Waals surface area contributed by atoms with Gasteiger partial charge in [0, 0.05) is 33.6 Å². The molecule has 1 N–H and O–H groups in total. The zero-order valence-electron chi connectivity index (χ0n) is 11.7. The maximum Gasteiger partial charge on any atom is 0.416 e. The number of hydrogen-bond acceptors (Lipinski definition) is 1. The summed E-state index contributed by atoms with van der Waals surface area (Å²) in [5.41, 5.74) is 3.41. The zero-order chi connectivity index (χ0) is 16.2. The van der Waals surface area contributed by atoms with E-state index in [1.165, 1.54) is 12.1 Å². The summed E-state index contributed by atoms with van der Waals surface area (Å²) in [4.78, 5) is 7.65. The first-order valence-corrected chi connectivity index (χ1v) is 7.77. The number of aliphatic imine (C=N–C) groups is 1. The van der Waals surface area contributed by atoms with Crippen LogP contribution >= 0.6 is 15.9 Å². The van der Waals surface area contributed by atoms with Gasteiger partial charge in [-0.1, -0.05) is 15.9 Å². The summed E-state index contributed by atoms with van der Waals surface area (Å²) in [6, 6.07) is 9.51. The van der Waals surface area contributed by atoms with Crippen LogP contribution in [0, 0.1) is 0 Å². The summed E-state index contributed by atoms with van der Waals surface area (Å²) < 4.78 is 39.8. The van der Waals surface area contributed by atoms with Crippen molar-refractivity contribution in [3.63, 3.8) is 0 Å². The van der Waals surface area contributed by atoms with Gasteiger partial charge in [0.25, 0.3) is 0 Å². The van der Waals surface area contributed by atoms with Gasteiger partial charge in [0.15, 0.2) is 0 Å². The van der Waals surface area contributed by atoms with Crippen molar-refractivity contribution < 1.29 is 13.2 Å². The highest BCUT2D eigenvalue weighted by Crippen LogP contribution is 2.40. The molecule has 0 bridgehead atoms. The Morgan fingerprint density at radius 3 is 2.70 bits per heavy atom. The van der Waals surface area contributed by atoms with E-state index in [-0.39, 0.29) is 0 Å². The molecule has 2 heterocycles. The first kappa shape index (κ1) is 14.5. The van der Waals surface area contributed by atoms with E-state index in [2.05, 4.69) is 25.9 Å². The van der Waals surface area contributed by atoms with Crippen LogP contribution in [0.3, 0.4) is 0 Å². The van der Waals surface area contributed by atoms with E-state index >= 15 is 0 Å². The van der Waals surface area contributed by atoms with Gasteiger partial charge in [0.1, 0.15) is 0 Å². The number of nitrogens with one attached hydrogen (secondary N) is 1. The molecule has 0 radical (unpaired) electrons. The molecular weight excluding hydrogens is 369 g/mol. The Morgan fingerprint density at radius 1 is 1.09 bits per heavy atom. The summed E-state index contributed by atoms with van der Waals surface area (Å²) in [6.07, 6.45) is -2.12. The van der Waals surface area contributed by atoms with Crippen LogP contribution in [0.15, 0.2) is 45.9 Å². The molecule has 1 aliphatic rings. The number of halogens is 4. The fourth-order valence-electron chi connectivity index (χ4n) is 2.92. The molecule has 2 nitrogen and oxygen atoms in total. The van der Waals surface area contributed by atoms with Crippen molar-refractivity contribution in [2.75, 3.05) is 0 Å². The second-order valence-corrected chi connectivity index (χ2v) is 6.33. The van der Waals surface area contributed by atoms with Crippen LogP contribution < -0.4 is 0 Å². The molecule has 0 fully saturated rings. The zero-order valence-corrected chi connectivity index (χ0v) is 13.3. The molecule has 1 aromatic heterocycles. The molecule has 0 spiro atoms. The van der Waals surface area contributed by atoms with E-state index in [0.717, 1.165) is 33.0 Å². The lowest BCUT2D eigenvalue weighted by Gasteiger charge is -2.06. The quantitative estimate of drug-likeness (QED) is 0.506. The number of alkyl halides is 3. The fraction of sp³-hybridized carbons (Fsp3) is 0.118. The van der Waals surface area contributed by atoms with Gasteiger partial charge in [-0.2, -0.15) is 13.2 Å². The molecule has 0 unspecified atom stereocenters. The van der Waals surface area contributed by atoms with Gasteiger partial charge in [0.2, 0.25) is 0 Å². The minimum Gasteiger partial charge on any atom is -0.354 e. The molecule has 4 rings (SSSR count). The highest BCUT2D eigenvalue weighted by atomic mass is 79.9. The second kappa shape index (κ2) is 4.96. The largest absolute Gasteiger partial charge is 0.416 e. The third-order valence-electron chi connectivity index (χ3n) is 3.99. The van der Waals surface area contributed by atoms with Crippen molar-refractivity contribution in [1.29, 1.82) is 0 Å². The summed E-state index contributed by atoms with van der Waals surface area (Å²) >= 11 is 3.43. The van der Waals surface area contributed by atoms with Crippen LogP contribution in [0.2, 0.25) is 0 Å². The van der Waals surface area contributed by atoms with Gasteiger partial charge in [-0.25, -0.2) is 0 Å². The van der Waals surface area contributed by atoms with Gasteiger partial charge < -0.3 is 4.98 Å². The lowest BCUT2D eigenvalue weighted by atomic mass is 10.0. The van der Waals surface area contributed by atoms with Gasteiger partial charge in [-0.15, -0.1) is 0 Å². The third kappa shape index (κ3) is 2.37. The monoisotopic (exact) mass is 378 g/mol. The average Bonchev–Trinajstić information content (AvgIpc) is 2.76. The third-order valence-corrected chi connectivity index (χ3v) is 4.48. The average molecular weight is 379 g/mol. The maximum atomic E-state index is 13.0. The number of nitrogens with zero attached hydrogens (tertiary/aromatic N) is 1.